The second-order valence-corrected chi connectivity index (χ2v) is 5.09. The van der Waals surface area contributed by atoms with Crippen molar-refractivity contribution in [2.24, 2.45) is 5.73 Å². The molecular formula is C14H13ClN2OS. The molecule has 0 aromatic heterocycles. The van der Waals surface area contributed by atoms with Gasteiger partial charge in [0.2, 0.25) is 0 Å². The van der Waals surface area contributed by atoms with E-state index in [1.54, 1.807) is 18.2 Å². The number of ether oxygens (including phenoxy) is 1. The van der Waals surface area contributed by atoms with E-state index in [0.717, 1.165) is 4.90 Å². The Labute approximate surface area is 121 Å². The van der Waals surface area contributed by atoms with Gasteiger partial charge in [-0.1, -0.05) is 23.7 Å². The lowest BCUT2D eigenvalue weighted by molar-refractivity contribution is 0.480. The van der Waals surface area contributed by atoms with Gasteiger partial charge in [-0.05, 0) is 36.6 Å². The first-order chi connectivity index (χ1) is 9.11. The van der Waals surface area contributed by atoms with E-state index in [2.05, 4.69) is 0 Å². The fourth-order valence-corrected chi connectivity index (χ4v) is 2.50. The lowest BCUT2D eigenvalue weighted by Crippen LogP contribution is -2.13. The minimum Gasteiger partial charge on any atom is -0.457 e. The maximum atomic E-state index is 7.69. The van der Waals surface area contributed by atoms with Crippen LogP contribution in [-0.2, 0) is 0 Å². The molecule has 98 valence electrons. The Bertz CT molecular complexity index is 616. The zero-order chi connectivity index (χ0) is 13.8. The van der Waals surface area contributed by atoms with E-state index in [4.69, 9.17) is 27.5 Å². The standard InChI is InChI=1S/C14H13ClN2OS/c1-19-12-7-3-6-11(13(12)14(16)17)18-10-5-2-4-9(15)8-10/h2-8H,1H3,(H3,16,17). The summed E-state index contributed by atoms with van der Waals surface area (Å²) in [5, 5.41) is 8.29. The van der Waals surface area contributed by atoms with Gasteiger partial charge in [0, 0.05) is 9.92 Å². The quantitative estimate of drug-likeness (QED) is 0.506. The van der Waals surface area contributed by atoms with Gasteiger partial charge in [0.15, 0.2) is 0 Å². The van der Waals surface area contributed by atoms with Crippen molar-refractivity contribution < 1.29 is 4.74 Å². The lowest BCUT2D eigenvalue weighted by Gasteiger charge is -2.13. The van der Waals surface area contributed by atoms with Crippen molar-refractivity contribution in [2.75, 3.05) is 6.26 Å². The molecule has 0 radical (unpaired) electrons. The molecule has 3 N–H and O–H groups in total. The van der Waals surface area contributed by atoms with Crippen molar-refractivity contribution in [2.45, 2.75) is 4.90 Å². The zero-order valence-electron chi connectivity index (χ0n) is 10.3. The highest BCUT2D eigenvalue weighted by Crippen LogP contribution is 2.32. The van der Waals surface area contributed by atoms with Gasteiger partial charge >= 0.3 is 0 Å². The summed E-state index contributed by atoms with van der Waals surface area (Å²) in [5.74, 6) is 1.16. The molecule has 0 aliphatic rings. The highest BCUT2D eigenvalue weighted by atomic mass is 35.5. The van der Waals surface area contributed by atoms with E-state index in [1.807, 2.05) is 30.5 Å². The first-order valence-electron chi connectivity index (χ1n) is 5.56. The zero-order valence-corrected chi connectivity index (χ0v) is 11.9. The largest absolute Gasteiger partial charge is 0.457 e. The minimum atomic E-state index is -0.0121. The fourth-order valence-electron chi connectivity index (χ4n) is 1.69. The van der Waals surface area contributed by atoms with Gasteiger partial charge in [0.05, 0.1) is 5.56 Å². The number of benzene rings is 2. The summed E-state index contributed by atoms with van der Waals surface area (Å²) in [6, 6.07) is 12.7. The summed E-state index contributed by atoms with van der Waals surface area (Å²) in [6.45, 7) is 0. The lowest BCUT2D eigenvalue weighted by atomic mass is 10.2. The average Bonchev–Trinajstić information content (AvgIpc) is 2.38. The Morgan fingerprint density at radius 3 is 2.63 bits per heavy atom. The number of thioether (sulfide) groups is 1. The van der Waals surface area contributed by atoms with Gasteiger partial charge in [0.25, 0.3) is 0 Å². The first kappa shape index (κ1) is 13.8. The molecule has 2 rings (SSSR count). The number of hydrogen-bond donors (Lipinski definition) is 2. The second-order valence-electron chi connectivity index (χ2n) is 3.81. The Hall–Kier alpha value is -1.65. The molecule has 0 fully saturated rings. The maximum Gasteiger partial charge on any atom is 0.139 e. The molecule has 2 aromatic rings. The second kappa shape index (κ2) is 5.99. The highest BCUT2D eigenvalue weighted by Gasteiger charge is 2.12. The van der Waals surface area contributed by atoms with Crippen LogP contribution in [0.25, 0.3) is 0 Å². The summed E-state index contributed by atoms with van der Waals surface area (Å²) in [4.78, 5) is 0.909. The Morgan fingerprint density at radius 2 is 2.00 bits per heavy atom. The number of amidine groups is 1. The van der Waals surface area contributed by atoms with Crippen LogP contribution in [0.2, 0.25) is 5.02 Å². The molecular weight excluding hydrogens is 280 g/mol. The van der Waals surface area contributed by atoms with Crippen LogP contribution in [0, 0.1) is 5.41 Å². The number of nitrogens with one attached hydrogen (secondary N) is 1. The molecule has 0 aliphatic heterocycles. The van der Waals surface area contributed by atoms with Crippen molar-refractivity contribution in [3.63, 3.8) is 0 Å². The smallest absolute Gasteiger partial charge is 0.139 e. The SMILES string of the molecule is CSc1cccc(Oc2cccc(Cl)c2)c1C(=N)N. The summed E-state index contributed by atoms with van der Waals surface area (Å²) < 4.78 is 5.78. The minimum absolute atomic E-state index is 0.0121. The highest BCUT2D eigenvalue weighted by molar-refractivity contribution is 7.98. The molecule has 0 spiro atoms. The van der Waals surface area contributed by atoms with Gasteiger partial charge in [-0.25, -0.2) is 0 Å². The molecule has 0 aliphatic carbocycles. The summed E-state index contributed by atoms with van der Waals surface area (Å²) in [5.41, 5.74) is 6.24. The van der Waals surface area contributed by atoms with Crippen LogP contribution in [0.1, 0.15) is 5.56 Å². The van der Waals surface area contributed by atoms with Crippen LogP contribution < -0.4 is 10.5 Å². The van der Waals surface area contributed by atoms with Crippen molar-refractivity contribution in [1.82, 2.24) is 0 Å². The Balaban J connectivity index is 2.42. The van der Waals surface area contributed by atoms with E-state index in [0.29, 0.717) is 22.1 Å². The van der Waals surface area contributed by atoms with Crippen molar-refractivity contribution in [1.29, 1.82) is 5.41 Å². The van der Waals surface area contributed by atoms with E-state index >= 15 is 0 Å². The molecule has 0 atom stereocenters. The number of halogens is 1. The molecule has 0 heterocycles. The van der Waals surface area contributed by atoms with Crippen LogP contribution in [0.3, 0.4) is 0 Å². The third-order valence-electron chi connectivity index (χ3n) is 2.50. The Kier molecular flexibility index (Phi) is 4.35. The van der Waals surface area contributed by atoms with Crippen LogP contribution >= 0.6 is 23.4 Å². The van der Waals surface area contributed by atoms with Crippen LogP contribution in [-0.4, -0.2) is 12.1 Å². The number of hydrogen-bond acceptors (Lipinski definition) is 3. The average molecular weight is 293 g/mol. The molecule has 0 saturated carbocycles. The van der Waals surface area contributed by atoms with Crippen molar-refractivity contribution >= 4 is 29.2 Å². The first-order valence-corrected chi connectivity index (χ1v) is 7.17. The summed E-state index contributed by atoms with van der Waals surface area (Å²) >= 11 is 7.45. The number of rotatable bonds is 4. The molecule has 0 bridgehead atoms. The topological polar surface area (TPSA) is 59.1 Å². The molecule has 0 amide bonds. The van der Waals surface area contributed by atoms with Crippen molar-refractivity contribution in [3.05, 3.63) is 53.1 Å². The molecule has 3 nitrogen and oxygen atoms in total. The predicted molar refractivity (Wildman–Crippen MR) is 80.8 cm³/mol. The summed E-state index contributed by atoms with van der Waals surface area (Å²) in [6.07, 6.45) is 1.94. The number of nitrogens with two attached hydrogens (primary N) is 1. The van der Waals surface area contributed by atoms with E-state index in [-0.39, 0.29) is 5.84 Å². The van der Waals surface area contributed by atoms with Crippen LogP contribution in [0.4, 0.5) is 0 Å². The third-order valence-corrected chi connectivity index (χ3v) is 3.52. The normalized spacial score (nSPS) is 10.2. The Morgan fingerprint density at radius 1 is 1.26 bits per heavy atom. The molecule has 5 heteroatoms. The van der Waals surface area contributed by atoms with Gasteiger partial charge in [0.1, 0.15) is 17.3 Å². The molecule has 0 saturated heterocycles. The van der Waals surface area contributed by atoms with E-state index < -0.39 is 0 Å². The fraction of sp³-hybridized carbons (Fsp3) is 0.0714. The summed E-state index contributed by atoms with van der Waals surface area (Å²) in [7, 11) is 0. The van der Waals surface area contributed by atoms with Gasteiger partial charge < -0.3 is 10.5 Å². The molecule has 2 aromatic carbocycles. The number of nitrogen functional groups attached to an aromatic ring is 1. The maximum absolute atomic E-state index is 7.69. The van der Waals surface area contributed by atoms with Crippen LogP contribution in [0.15, 0.2) is 47.4 Å². The van der Waals surface area contributed by atoms with Gasteiger partial charge in [-0.2, -0.15) is 0 Å². The third kappa shape index (κ3) is 3.22. The van der Waals surface area contributed by atoms with E-state index in [1.165, 1.54) is 11.8 Å². The molecule has 19 heavy (non-hydrogen) atoms. The molecule has 0 unspecified atom stereocenters. The predicted octanol–water partition coefficient (Wildman–Crippen LogP) is 4.14. The van der Waals surface area contributed by atoms with Gasteiger partial charge in [-0.15, -0.1) is 11.8 Å². The monoisotopic (exact) mass is 292 g/mol. The van der Waals surface area contributed by atoms with Crippen LogP contribution in [0.5, 0.6) is 11.5 Å². The van der Waals surface area contributed by atoms with Crippen molar-refractivity contribution in [3.8, 4) is 11.5 Å². The van der Waals surface area contributed by atoms with Gasteiger partial charge in [-0.3, -0.25) is 5.41 Å². The van der Waals surface area contributed by atoms with E-state index in [9.17, 15) is 0 Å².